The van der Waals surface area contributed by atoms with E-state index in [1.54, 1.807) is 0 Å². The lowest BCUT2D eigenvalue weighted by Crippen LogP contribution is -2.28. The van der Waals surface area contributed by atoms with Gasteiger partial charge >= 0.3 is 0 Å². The third-order valence-corrected chi connectivity index (χ3v) is 2.80. The van der Waals surface area contributed by atoms with E-state index in [1.165, 1.54) is 0 Å². The Morgan fingerprint density at radius 2 is 2.12 bits per heavy atom. The number of hydrogen-bond donors (Lipinski definition) is 2. The molecule has 1 aromatic carbocycles. The van der Waals surface area contributed by atoms with E-state index in [-0.39, 0.29) is 12.5 Å². The molecule has 0 fully saturated rings. The van der Waals surface area contributed by atoms with Gasteiger partial charge in [0.2, 0.25) is 5.91 Å². The molecule has 0 bridgehead atoms. The summed E-state index contributed by atoms with van der Waals surface area (Å²) in [5, 5.41) is 12.7. The molecule has 0 saturated heterocycles. The highest BCUT2D eigenvalue weighted by atomic mass is 16.3. The minimum atomic E-state index is -0.623. The molecule has 0 aliphatic carbocycles. The van der Waals surface area contributed by atoms with E-state index in [2.05, 4.69) is 12.2 Å². The van der Waals surface area contributed by atoms with Gasteiger partial charge in [0.15, 0.2) is 0 Å². The van der Waals surface area contributed by atoms with Gasteiger partial charge in [-0.3, -0.25) is 4.79 Å². The zero-order chi connectivity index (χ0) is 12.7. The van der Waals surface area contributed by atoms with Crippen molar-refractivity contribution >= 4 is 5.91 Å². The van der Waals surface area contributed by atoms with E-state index in [0.717, 1.165) is 24.0 Å². The maximum atomic E-state index is 11.4. The van der Waals surface area contributed by atoms with Crippen LogP contribution in [0, 0.1) is 6.92 Å². The highest BCUT2D eigenvalue weighted by molar-refractivity contribution is 5.75. The summed E-state index contributed by atoms with van der Waals surface area (Å²) in [4.78, 5) is 11.4. The Morgan fingerprint density at radius 1 is 1.41 bits per heavy atom. The van der Waals surface area contributed by atoms with Crippen molar-refractivity contribution in [3.8, 4) is 0 Å². The number of rotatable bonds is 6. The van der Waals surface area contributed by atoms with Crippen molar-refractivity contribution in [1.29, 1.82) is 0 Å². The van der Waals surface area contributed by atoms with Gasteiger partial charge < -0.3 is 10.4 Å². The SMILES string of the molecule is CCCCC(=O)NCC(O)c1ccccc1C. The van der Waals surface area contributed by atoms with Crippen molar-refractivity contribution < 1.29 is 9.90 Å². The lowest BCUT2D eigenvalue weighted by atomic mass is 10.0. The van der Waals surface area contributed by atoms with Crippen LogP contribution in [0.2, 0.25) is 0 Å². The molecule has 0 saturated carbocycles. The van der Waals surface area contributed by atoms with Crippen molar-refractivity contribution in [3.05, 3.63) is 35.4 Å². The van der Waals surface area contributed by atoms with Crippen LogP contribution in [-0.4, -0.2) is 17.6 Å². The molecule has 1 aromatic rings. The molecule has 1 unspecified atom stereocenters. The van der Waals surface area contributed by atoms with Crippen molar-refractivity contribution in [3.63, 3.8) is 0 Å². The molecule has 3 heteroatoms. The van der Waals surface area contributed by atoms with Crippen LogP contribution in [0.5, 0.6) is 0 Å². The van der Waals surface area contributed by atoms with Crippen molar-refractivity contribution in [2.24, 2.45) is 0 Å². The Kier molecular flexibility index (Phi) is 5.70. The summed E-state index contributed by atoms with van der Waals surface area (Å²) >= 11 is 0. The molecule has 94 valence electrons. The summed E-state index contributed by atoms with van der Waals surface area (Å²) < 4.78 is 0. The standard InChI is InChI=1S/C14H21NO2/c1-3-4-9-14(17)15-10-13(16)12-8-6-5-7-11(12)2/h5-8,13,16H,3-4,9-10H2,1-2H3,(H,15,17). The van der Waals surface area contributed by atoms with E-state index >= 15 is 0 Å². The van der Waals surface area contributed by atoms with E-state index in [0.29, 0.717) is 6.42 Å². The molecule has 0 radical (unpaired) electrons. The monoisotopic (exact) mass is 235 g/mol. The summed E-state index contributed by atoms with van der Waals surface area (Å²) in [5.41, 5.74) is 1.92. The van der Waals surface area contributed by atoms with Gasteiger partial charge in [-0.25, -0.2) is 0 Å². The van der Waals surface area contributed by atoms with Gasteiger partial charge in [-0.05, 0) is 24.5 Å². The highest BCUT2D eigenvalue weighted by Gasteiger charge is 2.10. The first kappa shape index (κ1) is 13.7. The fourth-order valence-electron chi connectivity index (χ4n) is 1.71. The predicted octanol–water partition coefficient (Wildman–Crippen LogP) is 2.33. The number of amides is 1. The fraction of sp³-hybridized carbons (Fsp3) is 0.500. The Labute approximate surface area is 103 Å². The third kappa shape index (κ3) is 4.57. The topological polar surface area (TPSA) is 49.3 Å². The Morgan fingerprint density at radius 3 is 2.76 bits per heavy atom. The highest BCUT2D eigenvalue weighted by Crippen LogP contribution is 2.16. The summed E-state index contributed by atoms with van der Waals surface area (Å²) in [6.07, 6.45) is 1.82. The second-order valence-electron chi connectivity index (χ2n) is 4.28. The molecule has 1 atom stereocenters. The molecule has 0 aromatic heterocycles. The number of carbonyl (C=O) groups is 1. The summed E-state index contributed by atoms with van der Waals surface area (Å²) in [6, 6.07) is 7.67. The number of aliphatic hydroxyl groups is 1. The van der Waals surface area contributed by atoms with Gasteiger partial charge in [-0.2, -0.15) is 0 Å². The quantitative estimate of drug-likeness (QED) is 0.795. The second kappa shape index (κ2) is 7.07. The van der Waals surface area contributed by atoms with Gasteiger partial charge in [0.25, 0.3) is 0 Å². The van der Waals surface area contributed by atoms with Crippen LogP contribution in [0.25, 0.3) is 0 Å². The van der Waals surface area contributed by atoms with Crippen molar-refractivity contribution in [2.45, 2.75) is 39.2 Å². The van der Waals surface area contributed by atoms with Crippen molar-refractivity contribution in [1.82, 2.24) is 5.32 Å². The minimum absolute atomic E-state index is 0.0134. The summed E-state index contributed by atoms with van der Waals surface area (Å²) in [7, 11) is 0. The van der Waals surface area contributed by atoms with Crippen LogP contribution in [0.1, 0.15) is 43.4 Å². The first-order valence-corrected chi connectivity index (χ1v) is 6.15. The molecule has 2 N–H and O–H groups in total. The Balaban J connectivity index is 2.42. The van der Waals surface area contributed by atoms with Gasteiger partial charge in [0.05, 0.1) is 6.10 Å². The molecule has 1 amide bonds. The Bertz CT molecular complexity index is 363. The average molecular weight is 235 g/mol. The molecule has 0 spiro atoms. The second-order valence-corrected chi connectivity index (χ2v) is 4.28. The molecule has 3 nitrogen and oxygen atoms in total. The number of aliphatic hydroxyl groups excluding tert-OH is 1. The lowest BCUT2D eigenvalue weighted by molar-refractivity contribution is -0.121. The number of nitrogens with one attached hydrogen (secondary N) is 1. The van der Waals surface area contributed by atoms with E-state index < -0.39 is 6.10 Å². The van der Waals surface area contributed by atoms with Crippen LogP contribution in [-0.2, 0) is 4.79 Å². The maximum absolute atomic E-state index is 11.4. The smallest absolute Gasteiger partial charge is 0.220 e. The molecular weight excluding hydrogens is 214 g/mol. The zero-order valence-corrected chi connectivity index (χ0v) is 10.6. The van der Waals surface area contributed by atoms with E-state index in [9.17, 15) is 9.90 Å². The average Bonchev–Trinajstić information content (AvgIpc) is 2.34. The summed E-state index contributed by atoms with van der Waals surface area (Å²) in [6.45, 7) is 4.29. The van der Waals surface area contributed by atoms with Crippen LogP contribution < -0.4 is 5.32 Å². The van der Waals surface area contributed by atoms with Crippen LogP contribution >= 0.6 is 0 Å². The predicted molar refractivity (Wildman–Crippen MR) is 68.7 cm³/mol. The maximum Gasteiger partial charge on any atom is 0.220 e. The van der Waals surface area contributed by atoms with Gasteiger partial charge in [0, 0.05) is 13.0 Å². The zero-order valence-electron chi connectivity index (χ0n) is 10.6. The molecular formula is C14H21NO2. The van der Waals surface area contributed by atoms with Gasteiger partial charge in [0.1, 0.15) is 0 Å². The van der Waals surface area contributed by atoms with Gasteiger partial charge in [-0.1, -0.05) is 37.6 Å². The first-order chi connectivity index (χ1) is 8.15. The number of unbranched alkanes of at least 4 members (excludes halogenated alkanes) is 1. The van der Waals surface area contributed by atoms with Crippen LogP contribution in [0.3, 0.4) is 0 Å². The lowest BCUT2D eigenvalue weighted by Gasteiger charge is -2.14. The largest absolute Gasteiger partial charge is 0.387 e. The summed E-state index contributed by atoms with van der Waals surface area (Å²) in [5.74, 6) is 0.0134. The minimum Gasteiger partial charge on any atom is -0.387 e. The van der Waals surface area contributed by atoms with Gasteiger partial charge in [-0.15, -0.1) is 0 Å². The molecule has 17 heavy (non-hydrogen) atoms. The first-order valence-electron chi connectivity index (χ1n) is 6.15. The number of hydrogen-bond acceptors (Lipinski definition) is 2. The normalized spacial score (nSPS) is 12.2. The van der Waals surface area contributed by atoms with Crippen LogP contribution in [0.4, 0.5) is 0 Å². The molecule has 1 rings (SSSR count). The number of aryl methyl sites for hydroxylation is 1. The Hall–Kier alpha value is -1.35. The number of carbonyl (C=O) groups excluding carboxylic acids is 1. The van der Waals surface area contributed by atoms with E-state index in [4.69, 9.17) is 0 Å². The van der Waals surface area contributed by atoms with E-state index in [1.807, 2.05) is 31.2 Å². The molecule has 0 aliphatic rings. The van der Waals surface area contributed by atoms with Crippen molar-refractivity contribution in [2.75, 3.05) is 6.54 Å². The fourth-order valence-corrected chi connectivity index (χ4v) is 1.71. The number of benzene rings is 1. The molecule has 0 aliphatic heterocycles. The third-order valence-electron chi connectivity index (χ3n) is 2.80. The molecule has 0 heterocycles. The van der Waals surface area contributed by atoms with Crippen LogP contribution in [0.15, 0.2) is 24.3 Å².